The normalized spacial score (nSPS) is 20.6. The highest BCUT2D eigenvalue weighted by Crippen LogP contribution is 2.23. The van der Waals surface area contributed by atoms with Crippen molar-refractivity contribution >= 4 is 19.9 Å². The Morgan fingerprint density at radius 1 is 1.29 bits per heavy atom. The summed E-state index contributed by atoms with van der Waals surface area (Å²) in [5.74, 6) is 0. The van der Waals surface area contributed by atoms with Crippen molar-refractivity contribution in [3.63, 3.8) is 0 Å². The van der Waals surface area contributed by atoms with E-state index in [0.29, 0.717) is 0 Å². The molecular formula is C11H27NSi2. The molecule has 1 aliphatic carbocycles. The van der Waals surface area contributed by atoms with Crippen LogP contribution in [0.25, 0.3) is 0 Å². The third-order valence-electron chi connectivity index (χ3n) is 3.48. The summed E-state index contributed by atoms with van der Waals surface area (Å²) in [4.78, 5) is 0. The second kappa shape index (κ2) is 6.80. The van der Waals surface area contributed by atoms with Crippen LogP contribution in [0.1, 0.15) is 46.0 Å². The zero-order valence-corrected chi connectivity index (χ0v) is 13.7. The average molecular weight is 230 g/mol. The minimum absolute atomic E-state index is 0.101. The van der Waals surface area contributed by atoms with Gasteiger partial charge in [0.1, 0.15) is 0 Å². The van der Waals surface area contributed by atoms with Gasteiger partial charge in [-0.2, -0.15) is 0 Å². The maximum absolute atomic E-state index is 2.90. The van der Waals surface area contributed by atoms with Gasteiger partial charge in [0.25, 0.3) is 0 Å². The summed E-state index contributed by atoms with van der Waals surface area (Å²) in [5.41, 5.74) is 0. The van der Waals surface area contributed by atoms with E-state index in [4.69, 9.17) is 0 Å². The van der Waals surface area contributed by atoms with Crippen molar-refractivity contribution in [1.29, 1.82) is 0 Å². The summed E-state index contributed by atoms with van der Waals surface area (Å²) < 4.78 is 2.90. The second-order valence-corrected chi connectivity index (χ2v) is 7.86. The van der Waals surface area contributed by atoms with Gasteiger partial charge in [-0.1, -0.05) is 45.2 Å². The molecule has 14 heavy (non-hydrogen) atoms. The maximum Gasteiger partial charge on any atom is 0.0953 e. The van der Waals surface area contributed by atoms with Crippen molar-refractivity contribution in [2.45, 2.75) is 70.1 Å². The average Bonchev–Trinajstić information content (AvgIpc) is 2.19. The van der Waals surface area contributed by atoms with Gasteiger partial charge in [-0.15, -0.1) is 0 Å². The highest BCUT2D eigenvalue weighted by atomic mass is 28.2. The molecule has 1 rings (SSSR count). The lowest BCUT2D eigenvalue weighted by molar-refractivity contribution is 0.222. The molecule has 0 heterocycles. The zero-order chi connectivity index (χ0) is 10.4. The third kappa shape index (κ3) is 3.87. The summed E-state index contributed by atoms with van der Waals surface area (Å²) in [6.45, 7) is 4.80. The van der Waals surface area contributed by atoms with Crippen LogP contribution in [0.2, 0.25) is 12.1 Å². The molecule has 0 bridgehead atoms. The van der Waals surface area contributed by atoms with E-state index in [9.17, 15) is 0 Å². The van der Waals surface area contributed by atoms with Crippen molar-refractivity contribution < 1.29 is 0 Å². The third-order valence-corrected chi connectivity index (χ3v) is 8.38. The van der Waals surface area contributed by atoms with E-state index < -0.39 is 0 Å². The fraction of sp³-hybridized carbons (Fsp3) is 1.00. The first-order chi connectivity index (χ1) is 6.75. The van der Waals surface area contributed by atoms with Crippen molar-refractivity contribution in [2.24, 2.45) is 0 Å². The minimum atomic E-state index is 0.101. The Morgan fingerprint density at radius 3 is 2.43 bits per heavy atom. The van der Waals surface area contributed by atoms with E-state index in [1.54, 1.807) is 6.04 Å². The molecule has 0 unspecified atom stereocenters. The number of nitrogens with zero attached hydrogens (tertiary/aromatic N) is 1. The van der Waals surface area contributed by atoms with Crippen molar-refractivity contribution in [1.82, 2.24) is 4.57 Å². The van der Waals surface area contributed by atoms with Crippen LogP contribution >= 0.6 is 0 Å². The fourth-order valence-electron chi connectivity index (χ4n) is 2.62. The Balaban J connectivity index is 2.39. The van der Waals surface area contributed by atoms with Crippen LogP contribution < -0.4 is 0 Å². The maximum atomic E-state index is 2.90. The lowest BCUT2D eigenvalue weighted by Gasteiger charge is -2.37. The number of rotatable bonds is 5. The van der Waals surface area contributed by atoms with Crippen LogP contribution in [0, 0.1) is 0 Å². The van der Waals surface area contributed by atoms with Gasteiger partial charge in [-0.3, -0.25) is 0 Å². The summed E-state index contributed by atoms with van der Waals surface area (Å²) in [6.07, 6.45) is 7.45. The topological polar surface area (TPSA) is 3.24 Å². The first-order valence-corrected chi connectivity index (χ1v) is 9.56. The lowest BCUT2D eigenvalue weighted by Crippen LogP contribution is -2.43. The molecule has 0 N–H and O–H groups in total. The Bertz CT molecular complexity index is 144. The van der Waals surface area contributed by atoms with Gasteiger partial charge in [0.15, 0.2) is 0 Å². The molecule has 1 fully saturated rings. The molecule has 0 aromatic carbocycles. The zero-order valence-electron chi connectivity index (χ0n) is 10.3. The first kappa shape index (κ1) is 12.5. The van der Waals surface area contributed by atoms with Crippen LogP contribution in [0.15, 0.2) is 0 Å². The molecule has 0 saturated heterocycles. The Morgan fingerprint density at radius 2 is 1.93 bits per heavy atom. The lowest BCUT2D eigenvalue weighted by atomic mass is 9.95. The van der Waals surface area contributed by atoms with Crippen molar-refractivity contribution in [3.05, 3.63) is 0 Å². The molecule has 0 radical (unpaired) electrons. The van der Waals surface area contributed by atoms with E-state index in [2.05, 4.69) is 18.4 Å². The van der Waals surface area contributed by atoms with Crippen LogP contribution in [0.3, 0.4) is 0 Å². The molecule has 0 aromatic heterocycles. The highest BCUT2D eigenvalue weighted by Gasteiger charge is 2.22. The van der Waals surface area contributed by atoms with E-state index >= 15 is 0 Å². The SMILES string of the molecule is CC(C)N([SiH2]CC[SiH3])C1CCCCC1. The molecule has 0 aliphatic heterocycles. The van der Waals surface area contributed by atoms with Crippen LogP contribution in [-0.2, 0) is 0 Å². The van der Waals surface area contributed by atoms with Crippen LogP contribution in [0.4, 0.5) is 0 Å². The first-order valence-electron chi connectivity index (χ1n) is 6.51. The van der Waals surface area contributed by atoms with Crippen LogP contribution in [-0.4, -0.2) is 36.6 Å². The van der Waals surface area contributed by atoms with Crippen molar-refractivity contribution in [3.8, 4) is 0 Å². The monoisotopic (exact) mass is 229 g/mol. The molecule has 84 valence electrons. The molecule has 1 saturated carbocycles. The molecule has 0 aromatic rings. The molecule has 1 nitrogen and oxygen atoms in total. The fourth-order valence-corrected chi connectivity index (χ4v) is 5.49. The molecule has 0 amide bonds. The minimum Gasteiger partial charge on any atom is -0.324 e. The molecular weight excluding hydrogens is 202 g/mol. The quantitative estimate of drug-likeness (QED) is 0.643. The van der Waals surface area contributed by atoms with E-state index in [1.165, 1.54) is 48.4 Å². The predicted molar refractivity (Wildman–Crippen MR) is 71.9 cm³/mol. The van der Waals surface area contributed by atoms with E-state index in [0.717, 1.165) is 12.1 Å². The van der Waals surface area contributed by atoms with E-state index in [1.807, 2.05) is 0 Å². The Labute approximate surface area is 95.0 Å². The van der Waals surface area contributed by atoms with Gasteiger partial charge in [0.2, 0.25) is 0 Å². The molecule has 0 atom stereocenters. The van der Waals surface area contributed by atoms with Gasteiger partial charge in [0.05, 0.1) is 9.68 Å². The predicted octanol–water partition coefficient (Wildman–Crippen LogP) is 1.32. The van der Waals surface area contributed by atoms with Gasteiger partial charge in [-0.25, -0.2) is 0 Å². The van der Waals surface area contributed by atoms with Crippen molar-refractivity contribution in [2.75, 3.05) is 0 Å². The standard InChI is InChI=1S/C11H27NSi2/c1-10(2)12(14-9-8-13)11-6-4-3-5-7-11/h10-11H,3-9,14H2,1-2,13H3. The smallest absolute Gasteiger partial charge is 0.0953 e. The van der Waals surface area contributed by atoms with Crippen LogP contribution in [0.5, 0.6) is 0 Å². The molecule has 3 heteroatoms. The summed E-state index contributed by atoms with van der Waals surface area (Å²) >= 11 is 0. The highest BCUT2D eigenvalue weighted by molar-refractivity contribution is 6.34. The Kier molecular flexibility index (Phi) is 6.05. The van der Waals surface area contributed by atoms with Gasteiger partial charge >= 0.3 is 0 Å². The number of hydrogen-bond acceptors (Lipinski definition) is 1. The Hall–Kier alpha value is 0.394. The van der Waals surface area contributed by atoms with E-state index in [-0.39, 0.29) is 9.68 Å². The summed E-state index contributed by atoms with van der Waals surface area (Å²) in [5, 5.41) is 0. The van der Waals surface area contributed by atoms with Gasteiger partial charge in [0, 0.05) is 16.3 Å². The van der Waals surface area contributed by atoms with Gasteiger partial charge in [-0.05, 0) is 18.9 Å². The molecule has 0 spiro atoms. The summed E-state index contributed by atoms with van der Waals surface area (Å²) in [7, 11) is 1.51. The van der Waals surface area contributed by atoms with Gasteiger partial charge < -0.3 is 4.57 Å². The molecule has 1 aliphatic rings. The second-order valence-electron chi connectivity index (χ2n) is 4.98. The summed E-state index contributed by atoms with van der Waals surface area (Å²) in [6, 6.07) is 4.89. The largest absolute Gasteiger partial charge is 0.324 e. The number of hydrogen-bond donors (Lipinski definition) is 0.